The fourth-order valence-corrected chi connectivity index (χ4v) is 5.26. The SMILES string of the molecule is COc1ccc(C2C(C(=O)NCc3cn4c(n3)CCCC4)CCC(=O)N2c2ccc(OC)cc2)cc1. The minimum atomic E-state index is -0.444. The number of aryl methyl sites for hydroxylation is 2. The Morgan fingerprint density at radius 2 is 1.69 bits per heavy atom. The van der Waals surface area contributed by atoms with Crippen LogP contribution in [0.3, 0.4) is 0 Å². The zero-order chi connectivity index (χ0) is 25.1. The Morgan fingerprint density at radius 3 is 2.36 bits per heavy atom. The Balaban J connectivity index is 1.42. The third kappa shape index (κ3) is 4.80. The van der Waals surface area contributed by atoms with Crippen LogP contribution in [0.15, 0.2) is 54.7 Å². The summed E-state index contributed by atoms with van der Waals surface area (Å²) >= 11 is 0. The second-order valence-electron chi connectivity index (χ2n) is 9.34. The van der Waals surface area contributed by atoms with Crippen molar-refractivity contribution in [2.45, 2.75) is 51.2 Å². The molecule has 5 rings (SSSR count). The number of benzene rings is 2. The number of amides is 2. The lowest BCUT2D eigenvalue weighted by molar-refractivity contribution is -0.129. The summed E-state index contributed by atoms with van der Waals surface area (Å²) in [5.41, 5.74) is 2.50. The van der Waals surface area contributed by atoms with Crippen molar-refractivity contribution in [3.8, 4) is 11.5 Å². The first-order valence-electron chi connectivity index (χ1n) is 12.5. The average molecular weight is 489 g/mol. The van der Waals surface area contributed by atoms with Crippen LogP contribution in [0, 0.1) is 5.92 Å². The topological polar surface area (TPSA) is 85.7 Å². The van der Waals surface area contributed by atoms with Crippen LogP contribution in [-0.2, 0) is 29.1 Å². The lowest BCUT2D eigenvalue weighted by atomic mass is 9.83. The monoisotopic (exact) mass is 488 g/mol. The summed E-state index contributed by atoms with van der Waals surface area (Å²) in [6.07, 6.45) is 6.13. The van der Waals surface area contributed by atoms with Crippen LogP contribution in [0.5, 0.6) is 11.5 Å². The number of piperidine rings is 1. The highest BCUT2D eigenvalue weighted by Crippen LogP contribution is 2.41. The molecule has 0 spiro atoms. The first-order valence-corrected chi connectivity index (χ1v) is 12.5. The van der Waals surface area contributed by atoms with Crippen molar-refractivity contribution >= 4 is 17.5 Å². The maximum absolute atomic E-state index is 13.6. The number of fused-ring (bicyclic) bond motifs is 1. The maximum Gasteiger partial charge on any atom is 0.227 e. The van der Waals surface area contributed by atoms with E-state index in [4.69, 9.17) is 14.5 Å². The fourth-order valence-electron chi connectivity index (χ4n) is 5.26. The quantitative estimate of drug-likeness (QED) is 0.543. The third-order valence-corrected chi connectivity index (χ3v) is 7.14. The second-order valence-corrected chi connectivity index (χ2v) is 9.34. The van der Waals surface area contributed by atoms with Crippen molar-refractivity contribution in [1.29, 1.82) is 0 Å². The highest BCUT2D eigenvalue weighted by Gasteiger charge is 2.41. The standard InChI is InChI=1S/C28H32N4O4/c1-35-22-10-6-19(7-11-22)27-24(14-15-26(33)32(27)21-8-12-23(36-2)13-9-21)28(34)29-17-20-18-31-16-4-3-5-25(31)30-20/h6-13,18,24,27H,3-5,14-17H2,1-2H3,(H,29,34). The molecule has 0 aliphatic carbocycles. The van der Waals surface area contributed by atoms with Crippen LogP contribution in [0.1, 0.15) is 48.8 Å². The molecule has 8 nitrogen and oxygen atoms in total. The van der Waals surface area contributed by atoms with E-state index in [-0.39, 0.29) is 11.8 Å². The molecule has 2 unspecified atom stereocenters. The number of carbonyl (C=O) groups is 2. The van der Waals surface area contributed by atoms with Gasteiger partial charge in [0, 0.05) is 31.3 Å². The molecule has 1 fully saturated rings. The smallest absolute Gasteiger partial charge is 0.227 e. The van der Waals surface area contributed by atoms with E-state index < -0.39 is 12.0 Å². The molecule has 2 aromatic carbocycles. The lowest BCUT2D eigenvalue weighted by Gasteiger charge is -2.41. The number of nitrogens with zero attached hydrogens (tertiary/aromatic N) is 3. The fraction of sp³-hybridized carbons (Fsp3) is 0.393. The van der Waals surface area contributed by atoms with Gasteiger partial charge in [0.05, 0.1) is 38.4 Å². The van der Waals surface area contributed by atoms with E-state index in [1.54, 1.807) is 19.1 Å². The van der Waals surface area contributed by atoms with Crippen LogP contribution in [0.2, 0.25) is 0 Å². The molecule has 3 heterocycles. The molecule has 0 bridgehead atoms. The molecule has 0 saturated carbocycles. The van der Waals surface area contributed by atoms with Gasteiger partial charge in [-0.2, -0.15) is 0 Å². The van der Waals surface area contributed by atoms with Crippen molar-refractivity contribution in [1.82, 2.24) is 14.9 Å². The molecule has 2 amide bonds. The van der Waals surface area contributed by atoms with E-state index in [1.165, 1.54) is 0 Å². The van der Waals surface area contributed by atoms with Gasteiger partial charge in [-0.1, -0.05) is 12.1 Å². The number of methoxy groups -OCH3 is 2. The normalized spacial score (nSPS) is 19.5. The average Bonchev–Trinajstić information content (AvgIpc) is 3.35. The summed E-state index contributed by atoms with van der Waals surface area (Å²) < 4.78 is 12.8. The van der Waals surface area contributed by atoms with E-state index in [2.05, 4.69) is 9.88 Å². The number of anilines is 1. The molecule has 2 aliphatic rings. The molecule has 188 valence electrons. The van der Waals surface area contributed by atoms with E-state index in [1.807, 2.05) is 54.7 Å². The van der Waals surface area contributed by atoms with Crippen LogP contribution in [-0.4, -0.2) is 35.6 Å². The number of hydrogen-bond acceptors (Lipinski definition) is 5. The van der Waals surface area contributed by atoms with Crippen LogP contribution in [0.4, 0.5) is 5.69 Å². The first-order chi connectivity index (χ1) is 17.6. The van der Waals surface area contributed by atoms with Crippen LogP contribution < -0.4 is 19.7 Å². The van der Waals surface area contributed by atoms with Gasteiger partial charge in [-0.05, 0) is 61.2 Å². The number of imidazole rings is 1. The Labute approximate surface area is 211 Å². The summed E-state index contributed by atoms with van der Waals surface area (Å²) in [7, 11) is 3.23. The van der Waals surface area contributed by atoms with Crippen LogP contribution >= 0.6 is 0 Å². The van der Waals surface area contributed by atoms with Gasteiger partial charge in [0.15, 0.2) is 0 Å². The van der Waals surface area contributed by atoms with E-state index in [0.717, 1.165) is 54.3 Å². The molecule has 2 aliphatic heterocycles. The number of hydrogen-bond donors (Lipinski definition) is 1. The largest absolute Gasteiger partial charge is 0.497 e. The number of carbonyl (C=O) groups excluding carboxylic acids is 2. The molecule has 8 heteroatoms. The zero-order valence-corrected chi connectivity index (χ0v) is 20.8. The highest BCUT2D eigenvalue weighted by molar-refractivity contribution is 5.97. The van der Waals surface area contributed by atoms with Gasteiger partial charge < -0.3 is 24.3 Å². The Hall–Kier alpha value is -3.81. The van der Waals surface area contributed by atoms with Gasteiger partial charge in [-0.25, -0.2) is 4.98 Å². The number of rotatable bonds is 7. The summed E-state index contributed by atoms with van der Waals surface area (Å²) in [4.78, 5) is 33.3. The minimum Gasteiger partial charge on any atom is -0.497 e. The van der Waals surface area contributed by atoms with Crippen molar-refractivity contribution in [3.05, 3.63) is 71.8 Å². The predicted molar refractivity (Wildman–Crippen MR) is 136 cm³/mol. The van der Waals surface area contributed by atoms with E-state index in [0.29, 0.717) is 25.1 Å². The third-order valence-electron chi connectivity index (χ3n) is 7.14. The van der Waals surface area contributed by atoms with Crippen molar-refractivity contribution in [2.75, 3.05) is 19.1 Å². The number of nitrogens with one attached hydrogen (secondary N) is 1. The Kier molecular flexibility index (Phi) is 6.93. The molecule has 0 radical (unpaired) electrons. The number of aromatic nitrogens is 2. The van der Waals surface area contributed by atoms with Gasteiger partial charge in [0.25, 0.3) is 0 Å². The highest BCUT2D eigenvalue weighted by atomic mass is 16.5. The Morgan fingerprint density at radius 1 is 1.00 bits per heavy atom. The van der Waals surface area contributed by atoms with Gasteiger partial charge in [-0.15, -0.1) is 0 Å². The molecular weight excluding hydrogens is 456 g/mol. The van der Waals surface area contributed by atoms with Gasteiger partial charge in [-0.3, -0.25) is 9.59 Å². The van der Waals surface area contributed by atoms with E-state index >= 15 is 0 Å². The van der Waals surface area contributed by atoms with Gasteiger partial charge in [0.2, 0.25) is 11.8 Å². The van der Waals surface area contributed by atoms with Gasteiger partial charge >= 0.3 is 0 Å². The molecule has 3 aromatic rings. The zero-order valence-electron chi connectivity index (χ0n) is 20.8. The van der Waals surface area contributed by atoms with Gasteiger partial charge in [0.1, 0.15) is 17.3 Å². The summed E-state index contributed by atoms with van der Waals surface area (Å²) in [5, 5.41) is 3.11. The second kappa shape index (κ2) is 10.4. The summed E-state index contributed by atoms with van der Waals surface area (Å²) in [6.45, 7) is 1.36. The summed E-state index contributed by atoms with van der Waals surface area (Å²) in [5.74, 6) is 2.04. The van der Waals surface area contributed by atoms with Crippen molar-refractivity contribution < 1.29 is 19.1 Å². The minimum absolute atomic E-state index is 0.00758. The van der Waals surface area contributed by atoms with Crippen molar-refractivity contribution in [2.24, 2.45) is 5.92 Å². The first kappa shape index (κ1) is 23.9. The number of ether oxygens (including phenoxy) is 2. The van der Waals surface area contributed by atoms with Crippen molar-refractivity contribution in [3.63, 3.8) is 0 Å². The van der Waals surface area contributed by atoms with E-state index in [9.17, 15) is 9.59 Å². The molecule has 2 atom stereocenters. The Bertz CT molecular complexity index is 1200. The molecule has 1 N–H and O–H groups in total. The molecular formula is C28H32N4O4. The predicted octanol–water partition coefficient (Wildman–Crippen LogP) is 4.04. The summed E-state index contributed by atoms with van der Waals surface area (Å²) in [6, 6.07) is 14.5. The lowest BCUT2D eigenvalue weighted by Crippen LogP contribution is -2.48. The maximum atomic E-state index is 13.6. The molecule has 1 saturated heterocycles. The van der Waals surface area contributed by atoms with Crippen LogP contribution in [0.25, 0.3) is 0 Å². The molecule has 1 aromatic heterocycles. The molecule has 36 heavy (non-hydrogen) atoms.